The molecule has 9 heteroatoms. The normalized spacial score (nSPS) is 10.5. The average Bonchev–Trinajstić information content (AvgIpc) is 3.15. The number of nitrogens with zero attached hydrogens (tertiary/aromatic N) is 2. The zero-order valence-corrected chi connectivity index (χ0v) is 16.2. The number of carbonyl (C=O) groups is 2. The van der Waals surface area contributed by atoms with Crippen LogP contribution in [0.2, 0.25) is 5.02 Å². The van der Waals surface area contributed by atoms with Gasteiger partial charge in [-0.2, -0.15) is 0 Å². The van der Waals surface area contributed by atoms with Gasteiger partial charge in [0.15, 0.2) is 0 Å². The highest BCUT2D eigenvalue weighted by atomic mass is 35.5. The molecule has 1 aromatic heterocycles. The van der Waals surface area contributed by atoms with E-state index in [4.69, 9.17) is 11.6 Å². The number of nitrogens with one attached hydrogen (secondary N) is 2. The van der Waals surface area contributed by atoms with Crippen LogP contribution in [0.3, 0.4) is 0 Å². The van der Waals surface area contributed by atoms with Gasteiger partial charge in [0.05, 0.1) is 0 Å². The van der Waals surface area contributed by atoms with Crippen LogP contribution in [0.4, 0.5) is 10.1 Å². The molecule has 2 aromatic carbocycles. The number of halogens is 2. The highest BCUT2D eigenvalue weighted by molar-refractivity contribution is 7.13. The number of rotatable bonds is 7. The standard InChI is InChI=1S/C19H16ClFN4O2S/c20-13-2-1-3-15(10-13)23-18(27)19-25-24-17(28-19)9-8-16(26)22-11-12-4-6-14(21)7-5-12/h1-7,10H,8-9,11H2,(H,22,26)(H,23,27). The third-order valence-corrected chi connectivity index (χ3v) is 4.93. The first-order valence-electron chi connectivity index (χ1n) is 8.40. The Labute approximate surface area is 169 Å². The third-order valence-electron chi connectivity index (χ3n) is 3.71. The van der Waals surface area contributed by atoms with Crippen LogP contribution in [0.1, 0.15) is 26.8 Å². The Balaban J connectivity index is 1.46. The van der Waals surface area contributed by atoms with Crippen molar-refractivity contribution in [2.75, 3.05) is 5.32 Å². The van der Waals surface area contributed by atoms with Gasteiger partial charge in [-0.3, -0.25) is 9.59 Å². The van der Waals surface area contributed by atoms with E-state index in [1.54, 1.807) is 36.4 Å². The highest BCUT2D eigenvalue weighted by Crippen LogP contribution is 2.17. The number of benzene rings is 2. The van der Waals surface area contributed by atoms with Gasteiger partial charge in [0, 0.05) is 30.1 Å². The zero-order valence-electron chi connectivity index (χ0n) is 14.6. The lowest BCUT2D eigenvalue weighted by Gasteiger charge is -2.04. The average molecular weight is 419 g/mol. The maximum atomic E-state index is 12.9. The summed E-state index contributed by atoms with van der Waals surface area (Å²) in [6.45, 7) is 0.322. The summed E-state index contributed by atoms with van der Waals surface area (Å²) < 4.78 is 12.9. The molecule has 0 spiro atoms. The van der Waals surface area contributed by atoms with Crippen molar-refractivity contribution in [2.24, 2.45) is 0 Å². The minimum atomic E-state index is -0.383. The van der Waals surface area contributed by atoms with Crippen molar-refractivity contribution in [3.63, 3.8) is 0 Å². The van der Waals surface area contributed by atoms with E-state index in [1.807, 2.05) is 0 Å². The van der Waals surface area contributed by atoms with Crippen LogP contribution in [-0.2, 0) is 17.8 Å². The van der Waals surface area contributed by atoms with Gasteiger partial charge in [-0.05, 0) is 35.9 Å². The SMILES string of the molecule is O=C(CCc1nnc(C(=O)Nc2cccc(Cl)c2)s1)NCc1ccc(F)cc1. The monoisotopic (exact) mass is 418 g/mol. The minimum Gasteiger partial charge on any atom is -0.352 e. The molecule has 0 aliphatic heterocycles. The van der Waals surface area contributed by atoms with Gasteiger partial charge < -0.3 is 10.6 Å². The van der Waals surface area contributed by atoms with Crippen LogP contribution in [0.5, 0.6) is 0 Å². The number of hydrogen-bond donors (Lipinski definition) is 2. The maximum Gasteiger partial charge on any atom is 0.286 e. The Morgan fingerprint density at radius 1 is 1.11 bits per heavy atom. The largest absolute Gasteiger partial charge is 0.352 e. The minimum absolute atomic E-state index is 0.163. The number of hydrogen-bond acceptors (Lipinski definition) is 5. The first kappa shape index (κ1) is 19.9. The zero-order chi connectivity index (χ0) is 19.9. The molecule has 6 nitrogen and oxygen atoms in total. The molecule has 0 atom stereocenters. The second kappa shape index (κ2) is 9.38. The van der Waals surface area contributed by atoms with E-state index in [2.05, 4.69) is 20.8 Å². The maximum absolute atomic E-state index is 12.9. The molecular weight excluding hydrogens is 403 g/mol. The molecule has 0 saturated heterocycles. The highest BCUT2D eigenvalue weighted by Gasteiger charge is 2.14. The topological polar surface area (TPSA) is 84.0 Å². The van der Waals surface area contributed by atoms with Crippen molar-refractivity contribution in [1.82, 2.24) is 15.5 Å². The van der Waals surface area contributed by atoms with Crippen LogP contribution in [0.15, 0.2) is 48.5 Å². The van der Waals surface area contributed by atoms with Crippen LogP contribution < -0.4 is 10.6 Å². The fourth-order valence-corrected chi connectivity index (χ4v) is 3.23. The van der Waals surface area contributed by atoms with Gasteiger partial charge in [-0.25, -0.2) is 4.39 Å². The quantitative estimate of drug-likeness (QED) is 0.610. The van der Waals surface area contributed by atoms with Crippen molar-refractivity contribution in [2.45, 2.75) is 19.4 Å². The van der Waals surface area contributed by atoms with E-state index in [1.165, 1.54) is 12.1 Å². The molecule has 0 radical (unpaired) electrons. The van der Waals surface area contributed by atoms with Crippen LogP contribution >= 0.6 is 22.9 Å². The first-order chi connectivity index (χ1) is 13.5. The first-order valence-corrected chi connectivity index (χ1v) is 9.59. The number of anilines is 1. The summed E-state index contributed by atoms with van der Waals surface area (Å²) >= 11 is 7.02. The molecule has 0 aliphatic carbocycles. The Kier molecular flexibility index (Phi) is 6.67. The molecule has 0 saturated carbocycles. The lowest BCUT2D eigenvalue weighted by atomic mass is 10.2. The lowest BCUT2D eigenvalue weighted by Crippen LogP contribution is -2.22. The summed E-state index contributed by atoms with van der Waals surface area (Å²) in [5, 5.41) is 14.6. The van der Waals surface area contributed by atoms with E-state index in [-0.39, 0.29) is 29.1 Å². The van der Waals surface area contributed by atoms with Crippen LogP contribution in [0.25, 0.3) is 0 Å². The second-order valence-corrected chi connectivity index (χ2v) is 7.37. The number of aromatic nitrogens is 2. The Hall–Kier alpha value is -2.84. The molecule has 0 fully saturated rings. The summed E-state index contributed by atoms with van der Waals surface area (Å²) in [7, 11) is 0. The molecule has 3 rings (SSSR count). The molecule has 1 heterocycles. The van der Waals surface area contributed by atoms with E-state index >= 15 is 0 Å². The smallest absolute Gasteiger partial charge is 0.286 e. The number of aryl methyl sites for hydroxylation is 1. The lowest BCUT2D eigenvalue weighted by molar-refractivity contribution is -0.121. The molecule has 0 unspecified atom stereocenters. The van der Waals surface area contributed by atoms with E-state index in [0.29, 0.717) is 28.7 Å². The van der Waals surface area contributed by atoms with Crippen molar-refractivity contribution < 1.29 is 14.0 Å². The fourth-order valence-electron chi connectivity index (χ4n) is 2.31. The number of amides is 2. The third kappa shape index (κ3) is 5.83. The molecule has 0 bridgehead atoms. The van der Waals surface area contributed by atoms with Crippen molar-refractivity contribution in [3.8, 4) is 0 Å². The van der Waals surface area contributed by atoms with Gasteiger partial charge in [-0.15, -0.1) is 10.2 Å². The molecule has 144 valence electrons. The van der Waals surface area contributed by atoms with Crippen LogP contribution in [-0.4, -0.2) is 22.0 Å². The molecule has 3 aromatic rings. The van der Waals surface area contributed by atoms with Crippen LogP contribution in [0, 0.1) is 5.82 Å². The molecule has 2 amide bonds. The van der Waals surface area contributed by atoms with Gasteiger partial charge >= 0.3 is 0 Å². The number of carbonyl (C=O) groups excluding carboxylic acids is 2. The molecule has 2 N–H and O–H groups in total. The summed E-state index contributed by atoms with van der Waals surface area (Å²) in [5.74, 6) is -0.863. The summed E-state index contributed by atoms with van der Waals surface area (Å²) in [5.41, 5.74) is 1.38. The molecule has 0 aliphatic rings. The van der Waals surface area contributed by atoms with Gasteiger partial charge in [0.1, 0.15) is 10.8 Å². The fraction of sp³-hybridized carbons (Fsp3) is 0.158. The van der Waals surface area contributed by atoms with E-state index < -0.39 is 0 Å². The van der Waals surface area contributed by atoms with Gasteiger partial charge in [0.25, 0.3) is 5.91 Å². The summed E-state index contributed by atoms with van der Waals surface area (Å²) in [6, 6.07) is 12.7. The molecular formula is C19H16ClFN4O2S. The Morgan fingerprint density at radius 2 is 1.89 bits per heavy atom. The van der Waals surface area contributed by atoms with Gasteiger partial charge in [-0.1, -0.05) is 41.1 Å². The second-order valence-electron chi connectivity index (χ2n) is 5.87. The van der Waals surface area contributed by atoms with Crippen molar-refractivity contribution >= 4 is 40.4 Å². The summed E-state index contributed by atoms with van der Waals surface area (Å²) in [4.78, 5) is 24.2. The van der Waals surface area contributed by atoms with Crippen molar-refractivity contribution in [3.05, 3.63) is 74.9 Å². The predicted octanol–water partition coefficient (Wildman–Crippen LogP) is 3.83. The van der Waals surface area contributed by atoms with Gasteiger partial charge in [0.2, 0.25) is 10.9 Å². The van der Waals surface area contributed by atoms with E-state index in [9.17, 15) is 14.0 Å². The van der Waals surface area contributed by atoms with Crippen molar-refractivity contribution in [1.29, 1.82) is 0 Å². The Morgan fingerprint density at radius 3 is 2.64 bits per heavy atom. The summed E-state index contributed by atoms with van der Waals surface area (Å²) in [6.07, 6.45) is 0.586. The molecule has 28 heavy (non-hydrogen) atoms. The predicted molar refractivity (Wildman–Crippen MR) is 106 cm³/mol. The Bertz CT molecular complexity index is 978. The van der Waals surface area contributed by atoms with E-state index in [0.717, 1.165) is 16.9 Å².